The SMILES string of the molecule is Cc1ccc(-n2nc(-c3ccccc3)cc2-c2ccc(C(N)=O)s2)cc1C. The number of benzene rings is 2. The number of carbonyl (C=O) groups is 1. The standard InChI is InChI=1S/C22H19N3OS/c1-14-8-9-17(12-15(14)2)25-19(20-10-11-21(27-20)22(23)26)13-18(24-25)16-6-4-3-5-7-16/h3-13H,1-2H3,(H2,23,26). The smallest absolute Gasteiger partial charge is 0.258 e. The molecule has 0 saturated carbocycles. The average Bonchev–Trinajstić information content (AvgIpc) is 3.32. The van der Waals surface area contributed by atoms with Gasteiger partial charge < -0.3 is 5.73 Å². The van der Waals surface area contributed by atoms with Crippen LogP contribution in [0.2, 0.25) is 0 Å². The third kappa shape index (κ3) is 3.29. The molecule has 0 bridgehead atoms. The Labute approximate surface area is 161 Å². The van der Waals surface area contributed by atoms with Gasteiger partial charge >= 0.3 is 0 Å². The van der Waals surface area contributed by atoms with E-state index in [1.165, 1.54) is 22.5 Å². The molecular weight excluding hydrogens is 354 g/mol. The van der Waals surface area contributed by atoms with E-state index in [4.69, 9.17) is 10.8 Å². The lowest BCUT2D eigenvalue weighted by atomic mass is 10.1. The Morgan fingerprint density at radius 1 is 0.963 bits per heavy atom. The molecule has 0 atom stereocenters. The molecule has 0 radical (unpaired) electrons. The van der Waals surface area contributed by atoms with Gasteiger partial charge in [-0.2, -0.15) is 5.10 Å². The minimum atomic E-state index is -0.410. The van der Waals surface area contributed by atoms with Crippen molar-refractivity contribution < 1.29 is 4.79 Å². The van der Waals surface area contributed by atoms with Gasteiger partial charge in [-0.1, -0.05) is 36.4 Å². The molecule has 0 spiro atoms. The van der Waals surface area contributed by atoms with Gasteiger partial charge in [-0.15, -0.1) is 11.3 Å². The van der Waals surface area contributed by atoms with Crippen molar-refractivity contribution in [1.29, 1.82) is 0 Å². The van der Waals surface area contributed by atoms with Crippen molar-refractivity contribution in [2.24, 2.45) is 5.73 Å². The Kier molecular flexibility index (Phi) is 4.38. The zero-order valence-corrected chi connectivity index (χ0v) is 16.0. The molecule has 5 heteroatoms. The average molecular weight is 373 g/mol. The number of nitrogens with zero attached hydrogens (tertiary/aromatic N) is 2. The number of aryl methyl sites for hydroxylation is 2. The van der Waals surface area contributed by atoms with E-state index in [1.54, 1.807) is 6.07 Å². The van der Waals surface area contributed by atoms with E-state index in [2.05, 4.69) is 38.1 Å². The van der Waals surface area contributed by atoms with Gasteiger partial charge in [0.1, 0.15) is 0 Å². The summed E-state index contributed by atoms with van der Waals surface area (Å²) in [6.45, 7) is 4.19. The minimum absolute atomic E-state index is 0.410. The second kappa shape index (κ2) is 6.85. The van der Waals surface area contributed by atoms with E-state index in [0.717, 1.165) is 27.5 Å². The molecule has 1 amide bonds. The van der Waals surface area contributed by atoms with Crippen LogP contribution in [0.1, 0.15) is 20.8 Å². The normalized spacial score (nSPS) is 10.9. The highest BCUT2D eigenvalue weighted by Crippen LogP contribution is 2.33. The highest BCUT2D eigenvalue weighted by Gasteiger charge is 2.16. The zero-order chi connectivity index (χ0) is 19.0. The van der Waals surface area contributed by atoms with Crippen LogP contribution in [0.5, 0.6) is 0 Å². The number of hydrogen-bond donors (Lipinski definition) is 1. The Morgan fingerprint density at radius 3 is 2.41 bits per heavy atom. The van der Waals surface area contributed by atoms with E-state index in [-0.39, 0.29) is 0 Å². The molecule has 27 heavy (non-hydrogen) atoms. The van der Waals surface area contributed by atoms with Gasteiger partial charge in [0.2, 0.25) is 0 Å². The molecule has 0 aliphatic rings. The van der Waals surface area contributed by atoms with Crippen LogP contribution < -0.4 is 5.73 Å². The fourth-order valence-electron chi connectivity index (χ4n) is 2.97. The third-order valence-electron chi connectivity index (χ3n) is 4.62. The van der Waals surface area contributed by atoms with Crippen molar-refractivity contribution >= 4 is 17.2 Å². The number of primary amides is 1. The monoisotopic (exact) mass is 373 g/mol. The molecule has 4 nitrogen and oxygen atoms in total. The summed E-state index contributed by atoms with van der Waals surface area (Å²) in [4.78, 5) is 13.0. The third-order valence-corrected chi connectivity index (χ3v) is 5.74. The van der Waals surface area contributed by atoms with Gasteiger partial charge in [0, 0.05) is 5.56 Å². The van der Waals surface area contributed by atoms with Gasteiger partial charge in [0.05, 0.1) is 26.8 Å². The van der Waals surface area contributed by atoms with Crippen LogP contribution in [0.4, 0.5) is 0 Å². The molecule has 2 heterocycles. The van der Waals surface area contributed by atoms with Crippen molar-refractivity contribution in [3.8, 4) is 27.5 Å². The van der Waals surface area contributed by atoms with E-state index in [0.29, 0.717) is 4.88 Å². The molecule has 0 unspecified atom stereocenters. The summed E-state index contributed by atoms with van der Waals surface area (Å²) in [5.74, 6) is -0.410. The maximum atomic E-state index is 11.5. The highest BCUT2D eigenvalue weighted by molar-refractivity contribution is 7.17. The molecule has 2 N–H and O–H groups in total. The van der Waals surface area contributed by atoms with E-state index < -0.39 is 5.91 Å². The van der Waals surface area contributed by atoms with Crippen molar-refractivity contribution in [1.82, 2.24) is 9.78 Å². The molecule has 0 aliphatic carbocycles. The maximum Gasteiger partial charge on any atom is 0.258 e. The Hall–Kier alpha value is -3.18. The van der Waals surface area contributed by atoms with Crippen LogP contribution in [0.15, 0.2) is 66.7 Å². The number of rotatable bonds is 4. The largest absolute Gasteiger partial charge is 0.365 e. The number of nitrogens with two attached hydrogens (primary N) is 1. The van der Waals surface area contributed by atoms with E-state index in [9.17, 15) is 4.79 Å². The molecule has 2 aromatic carbocycles. The van der Waals surface area contributed by atoms with Crippen LogP contribution in [0.25, 0.3) is 27.5 Å². The summed E-state index contributed by atoms with van der Waals surface area (Å²) in [6, 6.07) is 22.1. The number of carbonyl (C=O) groups excluding carboxylic acids is 1. The minimum Gasteiger partial charge on any atom is -0.365 e. The highest BCUT2D eigenvalue weighted by atomic mass is 32.1. The summed E-state index contributed by atoms with van der Waals surface area (Å²) in [5, 5.41) is 4.86. The van der Waals surface area contributed by atoms with Crippen molar-refractivity contribution in [3.05, 3.63) is 82.7 Å². The predicted molar refractivity (Wildman–Crippen MR) is 110 cm³/mol. The van der Waals surface area contributed by atoms with Gasteiger partial charge in [-0.05, 0) is 55.3 Å². The summed E-state index contributed by atoms with van der Waals surface area (Å²) in [7, 11) is 0. The maximum absolute atomic E-state index is 11.5. The second-order valence-corrected chi connectivity index (χ2v) is 7.57. The molecule has 0 fully saturated rings. The number of thiophene rings is 1. The molecule has 2 aromatic heterocycles. The Bertz CT molecular complexity index is 1130. The molecule has 4 rings (SSSR count). The van der Waals surface area contributed by atoms with Crippen molar-refractivity contribution in [3.63, 3.8) is 0 Å². The summed E-state index contributed by atoms with van der Waals surface area (Å²) >= 11 is 1.38. The first kappa shape index (κ1) is 17.2. The fraction of sp³-hybridized carbons (Fsp3) is 0.0909. The lowest BCUT2D eigenvalue weighted by molar-refractivity contribution is 0.100. The van der Waals surface area contributed by atoms with Crippen LogP contribution in [-0.4, -0.2) is 15.7 Å². The van der Waals surface area contributed by atoms with Gasteiger partial charge in [-0.25, -0.2) is 4.68 Å². The quantitative estimate of drug-likeness (QED) is 0.548. The van der Waals surface area contributed by atoms with E-state index >= 15 is 0 Å². The van der Waals surface area contributed by atoms with Crippen LogP contribution in [0.3, 0.4) is 0 Å². The fourth-order valence-corrected chi connectivity index (χ4v) is 3.83. The lowest BCUT2D eigenvalue weighted by Crippen LogP contribution is -2.08. The summed E-state index contributed by atoms with van der Waals surface area (Å²) in [6.07, 6.45) is 0. The molecule has 4 aromatic rings. The van der Waals surface area contributed by atoms with Crippen LogP contribution in [0, 0.1) is 13.8 Å². The van der Waals surface area contributed by atoms with E-state index in [1.807, 2.05) is 41.1 Å². The number of aromatic nitrogens is 2. The van der Waals surface area contributed by atoms with Crippen LogP contribution >= 0.6 is 11.3 Å². The Balaban J connectivity index is 1.90. The first-order valence-electron chi connectivity index (χ1n) is 8.66. The van der Waals surface area contributed by atoms with Crippen molar-refractivity contribution in [2.45, 2.75) is 13.8 Å². The first-order valence-corrected chi connectivity index (χ1v) is 9.48. The molecule has 0 saturated heterocycles. The van der Waals surface area contributed by atoms with Gasteiger partial charge in [0.25, 0.3) is 5.91 Å². The zero-order valence-electron chi connectivity index (χ0n) is 15.1. The molecule has 134 valence electrons. The second-order valence-electron chi connectivity index (χ2n) is 6.49. The number of amides is 1. The predicted octanol–water partition coefficient (Wildman–Crippen LogP) is 4.98. The molecular formula is C22H19N3OS. The van der Waals surface area contributed by atoms with Gasteiger partial charge in [0.15, 0.2) is 0 Å². The van der Waals surface area contributed by atoms with Gasteiger partial charge in [-0.3, -0.25) is 4.79 Å². The van der Waals surface area contributed by atoms with Crippen molar-refractivity contribution in [2.75, 3.05) is 0 Å². The Morgan fingerprint density at radius 2 is 1.74 bits per heavy atom. The molecule has 0 aliphatic heterocycles. The number of hydrogen-bond acceptors (Lipinski definition) is 3. The van der Waals surface area contributed by atoms with Crippen LogP contribution in [-0.2, 0) is 0 Å². The topological polar surface area (TPSA) is 60.9 Å². The summed E-state index contributed by atoms with van der Waals surface area (Å²) in [5.41, 5.74) is 11.7. The first-order chi connectivity index (χ1) is 13.0. The summed E-state index contributed by atoms with van der Waals surface area (Å²) < 4.78 is 1.94. The lowest BCUT2D eigenvalue weighted by Gasteiger charge is -2.08.